The Kier molecular flexibility index (Phi) is 6.21. The van der Waals surface area contributed by atoms with Crippen LogP contribution in [0.3, 0.4) is 0 Å². The van der Waals surface area contributed by atoms with Crippen LogP contribution in [-0.4, -0.2) is 39.5 Å². The molecule has 8 nitrogen and oxygen atoms in total. The number of nitrogens with one attached hydrogen (secondary N) is 1. The summed E-state index contributed by atoms with van der Waals surface area (Å²) < 4.78 is 28.1. The van der Waals surface area contributed by atoms with Gasteiger partial charge >= 0.3 is 5.97 Å². The number of carbonyl (C=O) groups is 1. The van der Waals surface area contributed by atoms with Crippen molar-refractivity contribution in [2.75, 3.05) is 5.32 Å². The lowest BCUT2D eigenvalue weighted by Gasteiger charge is -2.27. The third kappa shape index (κ3) is 4.49. The summed E-state index contributed by atoms with van der Waals surface area (Å²) in [5.41, 5.74) is 1.46. The molecule has 35 heavy (non-hydrogen) atoms. The first-order valence-corrected chi connectivity index (χ1v) is 13.1. The summed E-state index contributed by atoms with van der Waals surface area (Å²) in [6, 6.07) is 15.3. The van der Waals surface area contributed by atoms with Crippen molar-refractivity contribution in [2.24, 2.45) is 5.92 Å². The fourth-order valence-electron chi connectivity index (χ4n) is 4.60. The van der Waals surface area contributed by atoms with Crippen molar-refractivity contribution >= 4 is 44.4 Å². The predicted octanol–water partition coefficient (Wildman–Crippen LogP) is 5.04. The summed E-state index contributed by atoms with van der Waals surface area (Å²) in [6.07, 6.45) is 5.79. The number of para-hydroxylation sites is 1. The Morgan fingerprint density at radius 3 is 2.60 bits per heavy atom. The molecule has 2 aromatic carbocycles. The van der Waals surface area contributed by atoms with Crippen LogP contribution in [0.2, 0.25) is 5.02 Å². The first-order valence-electron chi connectivity index (χ1n) is 11.3. The van der Waals surface area contributed by atoms with Crippen LogP contribution in [0.1, 0.15) is 25.7 Å². The maximum atomic E-state index is 13.4. The summed E-state index contributed by atoms with van der Waals surface area (Å²) in [4.78, 5) is 20.5. The summed E-state index contributed by atoms with van der Waals surface area (Å²) in [7, 11) is -3.85. The van der Waals surface area contributed by atoms with E-state index in [-0.39, 0.29) is 16.0 Å². The van der Waals surface area contributed by atoms with Crippen LogP contribution in [0.4, 0.5) is 5.95 Å². The molecule has 4 aromatic rings. The largest absolute Gasteiger partial charge is 0.481 e. The minimum Gasteiger partial charge on any atom is -0.481 e. The Morgan fingerprint density at radius 1 is 1.09 bits per heavy atom. The second-order valence-electron chi connectivity index (χ2n) is 8.61. The molecular formula is C25H23ClN4O4S. The van der Waals surface area contributed by atoms with Crippen molar-refractivity contribution in [3.05, 3.63) is 72.0 Å². The first kappa shape index (κ1) is 23.3. The van der Waals surface area contributed by atoms with Gasteiger partial charge in [0.25, 0.3) is 10.0 Å². The highest BCUT2D eigenvalue weighted by molar-refractivity contribution is 7.90. The Labute approximate surface area is 207 Å². The van der Waals surface area contributed by atoms with Crippen LogP contribution >= 0.6 is 11.6 Å². The van der Waals surface area contributed by atoms with Gasteiger partial charge < -0.3 is 10.4 Å². The van der Waals surface area contributed by atoms with Gasteiger partial charge in [-0.1, -0.05) is 54.4 Å². The normalized spacial score (nSPS) is 18.4. The van der Waals surface area contributed by atoms with Gasteiger partial charge in [0.05, 0.1) is 33.2 Å². The number of fused-ring (bicyclic) bond motifs is 1. The molecule has 1 saturated carbocycles. The van der Waals surface area contributed by atoms with E-state index >= 15 is 0 Å². The quantitative estimate of drug-likeness (QED) is 0.373. The summed E-state index contributed by atoms with van der Waals surface area (Å²) >= 11 is 6.49. The molecule has 2 aromatic heterocycles. The van der Waals surface area contributed by atoms with Gasteiger partial charge in [-0.15, -0.1) is 0 Å². The van der Waals surface area contributed by atoms with Crippen LogP contribution in [0.5, 0.6) is 0 Å². The zero-order valence-corrected chi connectivity index (χ0v) is 20.2. The average Bonchev–Trinajstić information content (AvgIpc) is 3.26. The number of carboxylic acids is 1. The number of halogens is 1. The van der Waals surface area contributed by atoms with Gasteiger partial charge in [-0.25, -0.2) is 22.4 Å². The molecule has 1 aliphatic carbocycles. The van der Waals surface area contributed by atoms with E-state index in [0.717, 1.165) is 12.8 Å². The number of aromatic nitrogens is 3. The number of rotatable bonds is 6. The molecule has 0 radical (unpaired) electrons. The number of anilines is 1. The highest BCUT2D eigenvalue weighted by Crippen LogP contribution is 2.36. The zero-order valence-electron chi connectivity index (χ0n) is 18.6. The van der Waals surface area contributed by atoms with E-state index in [2.05, 4.69) is 15.3 Å². The lowest BCUT2D eigenvalue weighted by molar-refractivity contribution is -0.142. The minimum atomic E-state index is -3.85. The molecule has 10 heteroatoms. The molecule has 2 heterocycles. The van der Waals surface area contributed by atoms with Crippen LogP contribution in [-0.2, 0) is 14.8 Å². The van der Waals surface area contributed by atoms with Crippen molar-refractivity contribution in [2.45, 2.75) is 36.6 Å². The Hall–Kier alpha value is -3.43. The van der Waals surface area contributed by atoms with Crippen LogP contribution in [0.25, 0.3) is 22.2 Å². The van der Waals surface area contributed by atoms with E-state index in [1.54, 1.807) is 42.5 Å². The standard InChI is InChI=1S/C25H23ClN4O4S/c26-21-14-27-25(28-17-8-6-7-16(13-17)24(31)32)29-23(21)20-15-30(22-12-5-4-11-19(20)22)35(33,34)18-9-2-1-3-10-18/h1-5,9-12,14-17H,6-8,13H2,(H,31,32)(H,27,28,29). The van der Waals surface area contributed by atoms with Crippen molar-refractivity contribution in [1.29, 1.82) is 0 Å². The second kappa shape index (κ2) is 9.31. The topological polar surface area (TPSA) is 114 Å². The van der Waals surface area contributed by atoms with Gasteiger partial charge in [0, 0.05) is 23.2 Å². The van der Waals surface area contributed by atoms with Crippen molar-refractivity contribution in [3.8, 4) is 11.3 Å². The van der Waals surface area contributed by atoms with Crippen molar-refractivity contribution < 1.29 is 18.3 Å². The SMILES string of the molecule is O=C(O)C1CCCC(Nc2ncc(Cl)c(-c3cn(S(=O)(=O)c4ccccc4)c4ccccc34)n2)C1. The fourth-order valence-corrected chi connectivity index (χ4v) is 6.18. The van der Waals surface area contributed by atoms with Gasteiger partial charge in [0.1, 0.15) is 0 Å². The summed E-state index contributed by atoms with van der Waals surface area (Å²) in [5, 5.41) is 13.6. The molecule has 2 N–H and O–H groups in total. The Morgan fingerprint density at radius 2 is 1.83 bits per heavy atom. The number of benzene rings is 2. The number of aliphatic carboxylic acids is 1. The summed E-state index contributed by atoms with van der Waals surface area (Å²) in [6.45, 7) is 0. The lowest BCUT2D eigenvalue weighted by atomic mass is 9.86. The van der Waals surface area contributed by atoms with Gasteiger partial charge in [-0.3, -0.25) is 4.79 Å². The fraction of sp³-hybridized carbons (Fsp3) is 0.240. The molecular weight excluding hydrogens is 488 g/mol. The number of hydrogen-bond acceptors (Lipinski definition) is 6. The molecule has 5 rings (SSSR count). The van der Waals surface area contributed by atoms with Crippen molar-refractivity contribution in [3.63, 3.8) is 0 Å². The van der Waals surface area contributed by atoms with Gasteiger partial charge in [0.2, 0.25) is 5.95 Å². The van der Waals surface area contributed by atoms with Gasteiger partial charge in [-0.05, 0) is 37.5 Å². The Bertz CT molecular complexity index is 1500. The van der Waals surface area contributed by atoms with Gasteiger partial charge in [-0.2, -0.15) is 0 Å². The zero-order chi connectivity index (χ0) is 24.6. The van der Waals surface area contributed by atoms with E-state index in [1.807, 2.05) is 12.1 Å². The maximum absolute atomic E-state index is 13.4. The smallest absolute Gasteiger partial charge is 0.306 e. The van der Waals surface area contributed by atoms with E-state index in [0.29, 0.717) is 41.0 Å². The van der Waals surface area contributed by atoms with Crippen LogP contribution in [0, 0.1) is 5.92 Å². The molecule has 1 aliphatic rings. The highest BCUT2D eigenvalue weighted by Gasteiger charge is 2.28. The molecule has 0 saturated heterocycles. The first-order chi connectivity index (χ1) is 16.8. The minimum absolute atomic E-state index is 0.0707. The number of carboxylic acid groups (broad SMARTS) is 1. The van der Waals surface area contributed by atoms with E-state index in [9.17, 15) is 18.3 Å². The van der Waals surface area contributed by atoms with E-state index in [4.69, 9.17) is 11.6 Å². The van der Waals surface area contributed by atoms with E-state index < -0.39 is 21.9 Å². The van der Waals surface area contributed by atoms with Crippen molar-refractivity contribution in [1.82, 2.24) is 13.9 Å². The molecule has 1 fully saturated rings. The van der Waals surface area contributed by atoms with Crippen LogP contribution in [0.15, 0.2) is 71.9 Å². The molecule has 2 atom stereocenters. The van der Waals surface area contributed by atoms with Gasteiger partial charge in [0.15, 0.2) is 0 Å². The number of hydrogen-bond donors (Lipinski definition) is 2. The maximum Gasteiger partial charge on any atom is 0.306 e. The molecule has 180 valence electrons. The average molecular weight is 511 g/mol. The third-order valence-corrected chi connectivity index (χ3v) is 8.30. The molecule has 0 aliphatic heterocycles. The Balaban J connectivity index is 1.56. The van der Waals surface area contributed by atoms with E-state index in [1.165, 1.54) is 16.4 Å². The summed E-state index contributed by atoms with van der Waals surface area (Å²) in [5.74, 6) is -0.862. The number of nitrogens with zero attached hydrogens (tertiary/aromatic N) is 3. The molecule has 0 amide bonds. The molecule has 2 unspecified atom stereocenters. The predicted molar refractivity (Wildman–Crippen MR) is 134 cm³/mol. The second-order valence-corrected chi connectivity index (χ2v) is 10.8. The molecule has 0 bridgehead atoms. The monoisotopic (exact) mass is 510 g/mol. The van der Waals surface area contributed by atoms with Crippen LogP contribution < -0.4 is 5.32 Å². The molecule has 0 spiro atoms. The lowest BCUT2D eigenvalue weighted by Crippen LogP contribution is -2.31. The highest BCUT2D eigenvalue weighted by atomic mass is 35.5. The third-order valence-electron chi connectivity index (χ3n) is 6.33.